The summed E-state index contributed by atoms with van der Waals surface area (Å²) in [4.78, 5) is 32.2. The maximum Gasteiger partial charge on any atom is 0.173 e. The Hall–Kier alpha value is -3.33. The van der Waals surface area contributed by atoms with Gasteiger partial charge in [-0.05, 0) is 28.2 Å². The minimum absolute atomic E-state index is 0.0801. The van der Waals surface area contributed by atoms with Crippen LogP contribution in [0.3, 0.4) is 0 Å². The average molecular weight is 405 g/mol. The zero-order chi connectivity index (χ0) is 21.3. The molecule has 3 aliphatic rings. The molecule has 0 N–H and O–H groups in total. The lowest BCUT2D eigenvalue weighted by atomic mass is 9.66. The van der Waals surface area contributed by atoms with Crippen LogP contribution in [0, 0.1) is 11.3 Å². The van der Waals surface area contributed by atoms with E-state index in [1.54, 1.807) is 0 Å². The van der Waals surface area contributed by atoms with E-state index in [1.165, 1.54) is 0 Å². The lowest BCUT2D eigenvalue weighted by Crippen LogP contribution is -2.37. The van der Waals surface area contributed by atoms with Crippen molar-refractivity contribution in [3.8, 4) is 0 Å². The smallest absolute Gasteiger partial charge is 0.173 e. The first-order valence-corrected chi connectivity index (χ1v) is 10.9. The molecule has 3 aromatic rings. The molecule has 3 aromatic carbocycles. The van der Waals surface area contributed by atoms with Crippen LogP contribution in [0.2, 0.25) is 0 Å². The van der Waals surface area contributed by atoms with Crippen molar-refractivity contribution < 1.29 is 9.59 Å². The molecule has 31 heavy (non-hydrogen) atoms. The number of Topliss-reactive ketones (excluding diaryl/α,β-unsaturated/α-hetero) is 2. The van der Waals surface area contributed by atoms with E-state index in [0.717, 1.165) is 50.9 Å². The van der Waals surface area contributed by atoms with Gasteiger partial charge in [-0.2, -0.15) is 0 Å². The second kappa shape index (κ2) is 6.34. The molecule has 0 bridgehead atoms. The SMILES string of the molecule is CC1(C)CC(=O)C2=C(C1)N=C1c3ccccc3C(=O)[C@@H]1[C@@H]2c1cccc2ccccc12. The van der Waals surface area contributed by atoms with Gasteiger partial charge in [0.15, 0.2) is 11.6 Å². The minimum atomic E-state index is -0.438. The molecule has 2 atom stereocenters. The fraction of sp³-hybridized carbons (Fsp3) is 0.250. The number of hydrogen-bond acceptors (Lipinski definition) is 3. The molecule has 3 heteroatoms. The van der Waals surface area contributed by atoms with Gasteiger partial charge in [-0.1, -0.05) is 80.6 Å². The van der Waals surface area contributed by atoms with Gasteiger partial charge in [-0.3, -0.25) is 14.6 Å². The number of carbonyl (C=O) groups is 2. The van der Waals surface area contributed by atoms with Gasteiger partial charge in [0.2, 0.25) is 0 Å². The lowest BCUT2D eigenvalue weighted by molar-refractivity contribution is -0.118. The number of ketones is 2. The molecule has 0 spiro atoms. The summed E-state index contributed by atoms with van der Waals surface area (Å²) < 4.78 is 0. The van der Waals surface area contributed by atoms with E-state index in [4.69, 9.17) is 4.99 Å². The number of rotatable bonds is 1. The van der Waals surface area contributed by atoms with Gasteiger partial charge in [0.25, 0.3) is 0 Å². The molecule has 0 saturated heterocycles. The second-order valence-corrected chi connectivity index (χ2v) is 9.73. The molecule has 0 radical (unpaired) electrons. The van der Waals surface area contributed by atoms with E-state index in [0.29, 0.717) is 6.42 Å². The number of nitrogens with zero attached hydrogens (tertiary/aromatic N) is 1. The third kappa shape index (κ3) is 2.62. The van der Waals surface area contributed by atoms with E-state index >= 15 is 0 Å². The monoisotopic (exact) mass is 405 g/mol. The van der Waals surface area contributed by atoms with Crippen molar-refractivity contribution >= 4 is 28.1 Å². The zero-order valence-electron chi connectivity index (χ0n) is 17.7. The molecule has 0 aromatic heterocycles. The summed E-state index contributed by atoms with van der Waals surface area (Å²) in [5, 5.41) is 2.22. The molecule has 1 aliphatic heterocycles. The molecule has 6 rings (SSSR count). The van der Waals surface area contributed by atoms with Crippen molar-refractivity contribution in [3.05, 3.63) is 94.7 Å². The second-order valence-electron chi connectivity index (χ2n) is 9.73. The van der Waals surface area contributed by atoms with E-state index in [1.807, 2.05) is 42.5 Å². The quantitative estimate of drug-likeness (QED) is 0.507. The Morgan fingerprint density at radius 1 is 0.806 bits per heavy atom. The summed E-state index contributed by atoms with van der Waals surface area (Å²) in [7, 11) is 0. The predicted molar refractivity (Wildman–Crippen MR) is 123 cm³/mol. The first-order valence-electron chi connectivity index (χ1n) is 10.9. The molecule has 0 unspecified atom stereocenters. The number of benzene rings is 3. The van der Waals surface area contributed by atoms with Crippen LogP contribution in [0.25, 0.3) is 10.8 Å². The van der Waals surface area contributed by atoms with Crippen molar-refractivity contribution in [1.82, 2.24) is 0 Å². The molecule has 1 heterocycles. The Morgan fingerprint density at radius 3 is 2.35 bits per heavy atom. The van der Waals surface area contributed by atoms with Gasteiger partial charge in [-0.15, -0.1) is 0 Å². The average Bonchev–Trinajstić information content (AvgIpc) is 3.03. The van der Waals surface area contributed by atoms with Crippen LogP contribution in [-0.2, 0) is 4.79 Å². The maximum atomic E-state index is 13.6. The fourth-order valence-corrected chi connectivity index (χ4v) is 5.74. The topological polar surface area (TPSA) is 46.5 Å². The highest BCUT2D eigenvalue weighted by Crippen LogP contribution is 2.52. The lowest BCUT2D eigenvalue weighted by Gasteiger charge is -2.38. The van der Waals surface area contributed by atoms with Crippen molar-refractivity contribution in [2.75, 3.05) is 0 Å². The molecule has 152 valence electrons. The van der Waals surface area contributed by atoms with Crippen LogP contribution in [0.5, 0.6) is 0 Å². The van der Waals surface area contributed by atoms with Gasteiger partial charge in [-0.25, -0.2) is 0 Å². The van der Waals surface area contributed by atoms with E-state index in [9.17, 15) is 9.59 Å². The van der Waals surface area contributed by atoms with E-state index < -0.39 is 5.92 Å². The summed E-state index contributed by atoms with van der Waals surface area (Å²) in [6, 6.07) is 22.2. The molecule has 2 aliphatic carbocycles. The maximum absolute atomic E-state index is 13.6. The van der Waals surface area contributed by atoms with Crippen molar-refractivity contribution in [1.29, 1.82) is 0 Å². The summed E-state index contributed by atoms with van der Waals surface area (Å²) in [6.07, 6.45) is 1.24. The van der Waals surface area contributed by atoms with Crippen molar-refractivity contribution in [2.45, 2.75) is 32.6 Å². The summed E-state index contributed by atoms with van der Waals surface area (Å²) in [5.41, 5.74) is 5.03. The Labute approximate surface area is 181 Å². The first kappa shape index (κ1) is 18.4. The van der Waals surface area contributed by atoms with Gasteiger partial charge in [0.05, 0.1) is 11.6 Å². The van der Waals surface area contributed by atoms with Crippen LogP contribution in [0.15, 0.2) is 83.0 Å². The zero-order valence-corrected chi connectivity index (χ0v) is 17.7. The number of allylic oxidation sites excluding steroid dienone is 2. The van der Waals surface area contributed by atoms with Crippen LogP contribution in [0.4, 0.5) is 0 Å². The Morgan fingerprint density at radius 2 is 1.52 bits per heavy atom. The van der Waals surface area contributed by atoms with Gasteiger partial charge >= 0.3 is 0 Å². The highest BCUT2D eigenvalue weighted by atomic mass is 16.1. The molecule has 3 nitrogen and oxygen atoms in total. The number of hydrogen-bond donors (Lipinski definition) is 0. The predicted octanol–water partition coefficient (Wildman–Crippen LogP) is 5.88. The number of fused-ring (bicyclic) bond motifs is 4. The third-order valence-electron chi connectivity index (χ3n) is 7.00. The molecule has 0 fully saturated rings. The fourth-order valence-electron chi connectivity index (χ4n) is 5.74. The normalized spacial score (nSPS) is 24.0. The molecular formula is C28H23NO2. The van der Waals surface area contributed by atoms with Crippen LogP contribution >= 0.6 is 0 Å². The van der Waals surface area contributed by atoms with Gasteiger partial charge < -0.3 is 0 Å². The number of carbonyl (C=O) groups excluding carboxylic acids is 2. The summed E-state index contributed by atoms with van der Waals surface area (Å²) in [6.45, 7) is 4.25. The highest BCUT2D eigenvalue weighted by molar-refractivity contribution is 6.30. The van der Waals surface area contributed by atoms with E-state index in [-0.39, 0.29) is 22.9 Å². The minimum Gasteiger partial charge on any atom is -0.294 e. The summed E-state index contributed by atoms with van der Waals surface area (Å²) in [5.74, 6) is -0.517. The van der Waals surface area contributed by atoms with Crippen molar-refractivity contribution in [3.63, 3.8) is 0 Å². The molecule has 0 amide bonds. The van der Waals surface area contributed by atoms with Crippen LogP contribution < -0.4 is 0 Å². The molecule has 0 saturated carbocycles. The highest BCUT2D eigenvalue weighted by Gasteiger charge is 2.50. The van der Waals surface area contributed by atoms with Gasteiger partial charge in [0, 0.05) is 34.7 Å². The van der Waals surface area contributed by atoms with Crippen molar-refractivity contribution in [2.24, 2.45) is 16.3 Å². The van der Waals surface area contributed by atoms with Crippen LogP contribution in [0.1, 0.15) is 54.1 Å². The molecular weight excluding hydrogens is 382 g/mol. The van der Waals surface area contributed by atoms with Crippen LogP contribution in [-0.4, -0.2) is 17.3 Å². The standard InChI is InChI=1S/C28H23NO2/c1-28(2)14-21-24(22(30)15-28)23(18-13-7-9-16-8-3-4-10-17(16)18)25-26(29-21)19-11-5-6-12-20(19)27(25)31/h3-13,23,25H,14-15H2,1-2H3/t23-,25-/m1/s1. The Bertz CT molecular complexity index is 1350. The largest absolute Gasteiger partial charge is 0.294 e. The number of aliphatic imine (C=N–C) groups is 1. The Balaban J connectivity index is 1.66. The first-order chi connectivity index (χ1) is 14.9. The third-order valence-corrected chi connectivity index (χ3v) is 7.00. The summed E-state index contributed by atoms with van der Waals surface area (Å²) >= 11 is 0. The van der Waals surface area contributed by atoms with Gasteiger partial charge in [0.1, 0.15) is 0 Å². The Kier molecular flexibility index (Phi) is 3.77. The van der Waals surface area contributed by atoms with E-state index in [2.05, 4.69) is 38.1 Å².